The highest BCUT2D eigenvalue weighted by Crippen LogP contribution is 2.18. The number of carbonyl (C=O) groups is 1. The zero-order valence-electron chi connectivity index (χ0n) is 13.6. The molecule has 5 nitrogen and oxygen atoms in total. The van der Waals surface area contributed by atoms with Gasteiger partial charge < -0.3 is 4.74 Å². The number of unbranched alkanes of at least 4 members (excludes halogenated alkanes) is 1. The van der Waals surface area contributed by atoms with E-state index in [1.807, 2.05) is 32.4 Å². The van der Waals surface area contributed by atoms with E-state index in [2.05, 4.69) is 10.4 Å². The Hall–Kier alpha value is -1.07. The quantitative estimate of drug-likeness (QED) is 0.592. The van der Waals surface area contributed by atoms with Gasteiger partial charge in [-0.2, -0.15) is 5.10 Å². The van der Waals surface area contributed by atoms with E-state index in [9.17, 15) is 4.79 Å². The Morgan fingerprint density at radius 3 is 2.67 bits per heavy atom. The number of esters is 1. The van der Waals surface area contributed by atoms with E-state index in [0.29, 0.717) is 5.02 Å². The van der Waals surface area contributed by atoms with Crippen molar-refractivity contribution in [3.8, 4) is 0 Å². The summed E-state index contributed by atoms with van der Waals surface area (Å²) in [5.41, 5.74) is 0.340. The second-order valence-corrected chi connectivity index (χ2v) is 6.29. The predicted octanol–water partition coefficient (Wildman–Crippen LogP) is 2.94. The van der Waals surface area contributed by atoms with Crippen molar-refractivity contribution in [2.45, 2.75) is 65.1 Å². The summed E-state index contributed by atoms with van der Waals surface area (Å²) in [6.07, 6.45) is 4.23. The van der Waals surface area contributed by atoms with Crippen LogP contribution in [-0.2, 0) is 16.1 Å². The van der Waals surface area contributed by atoms with Crippen molar-refractivity contribution in [1.29, 1.82) is 0 Å². The van der Waals surface area contributed by atoms with Gasteiger partial charge in [0.15, 0.2) is 0 Å². The number of hydrogen-bond donors (Lipinski definition) is 1. The molecule has 0 fully saturated rings. The van der Waals surface area contributed by atoms with E-state index in [-0.39, 0.29) is 12.0 Å². The molecule has 0 saturated carbocycles. The van der Waals surface area contributed by atoms with Gasteiger partial charge in [0.05, 0.1) is 24.0 Å². The van der Waals surface area contributed by atoms with Crippen molar-refractivity contribution in [3.63, 3.8) is 0 Å². The Kier molecular flexibility index (Phi) is 6.68. The molecule has 21 heavy (non-hydrogen) atoms. The lowest BCUT2D eigenvalue weighted by molar-refractivity contribution is -0.148. The van der Waals surface area contributed by atoms with Crippen molar-refractivity contribution < 1.29 is 9.53 Å². The number of halogens is 1. The van der Waals surface area contributed by atoms with E-state index in [1.54, 1.807) is 6.20 Å². The largest absolute Gasteiger partial charge is 0.468 e. The van der Waals surface area contributed by atoms with Gasteiger partial charge in [0.25, 0.3) is 0 Å². The Labute approximate surface area is 132 Å². The molecule has 6 heteroatoms. The fraction of sp³-hybridized carbons (Fsp3) is 0.733. The van der Waals surface area contributed by atoms with Crippen LogP contribution in [-0.4, -0.2) is 34.4 Å². The van der Waals surface area contributed by atoms with Gasteiger partial charge in [0.1, 0.15) is 5.54 Å². The molecular formula is C15H26ClN3O2. The van der Waals surface area contributed by atoms with E-state index in [1.165, 1.54) is 7.11 Å². The molecular weight excluding hydrogens is 290 g/mol. The molecule has 0 saturated heterocycles. The van der Waals surface area contributed by atoms with Crippen LogP contribution in [0.25, 0.3) is 0 Å². The monoisotopic (exact) mass is 315 g/mol. The minimum atomic E-state index is -0.639. The number of methoxy groups -OCH3 is 1. The van der Waals surface area contributed by atoms with Gasteiger partial charge in [0.2, 0.25) is 0 Å². The van der Waals surface area contributed by atoms with Gasteiger partial charge >= 0.3 is 5.97 Å². The molecule has 1 rings (SSSR count). The summed E-state index contributed by atoms with van der Waals surface area (Å²) in [5, 5.41) is 8.22. The fourth-order valence-electron chi connectivity index (χ4n) is 2.48. The third-order valence-corrected chi connectivity index (χ3v) is 3.95. The van der Waals surface area contributed by atoms with Crippen LogP contribution < -0.4 is 5.32 Å². The number of aromatic nitrogens is 2. The summed E-state index contributed by atoms with van der Waals surface area (Å²) in [4.78, 5) is 12.0. The van der Waals surface area contributed by atoms with Crippen molar-refractivity contribution in [3.05, 3.63) is 16.9 Å². The number of ether oxygens (including phenoxy) is 1. The molecule has 0 radical (unpaired) electrons. The zero-order chi connectivity index (χ0) is 16.0. The van der Waals surface area contributed by atoms with Crippen molar-refractivity contribution in [2.24, 2.45) is 0 Å². The first-order valence-electron chi connectivity index (χ1n) is 7.34. The number of nitrogens with zero attached hydrogens (tertiary/aromatic N) is 2. The molecule has 0 aromatic carbocycles. The highest BCUT2D eigenvalue weighted by Gasteiger charge is 2.33. The SMILES string of the molecule is COC(=O)C(C)(CCCCn1ncc(Cl)c1C)NC(C)C. The standard InChI is InChI=1S/C15H26ClN3O2/c1-11(2)18-15(4,14(20)21-5)8-6-7-9-19-12(3)13(16)10-17-19/h10-11,18H,6-9H2,1-5H3. The molecule has 1 heterocycles. The van der Waals surface area contributed by atoms with Crippen LogP contribution in [0.2, 0.25) is 5.02 Å². The molecule has 0 aliphatic heterocycles. The summed E-state index contributed by atoms with van der Waals surface area (Å²) in [7, 11) is 1.43. The number of nitrogens with one attached hydrogen (secondary N) is 1. The number of carbonyl (C=O) groups excluding carboxylic acids is 1. The molecule has 0 spiro atoms. The first-order valence-corrected chi connectivity index (χ1v) is 7.72. The van der Waals surface area contributed by atoms with Crippen LogP contribution in [0.15, 0.2) is 6.20 Å². The van der Waals surface area contributed by atoms with Crippen LogP contribution in [0.5, 0.6) is 0 Å². The maximum Gasteiger partial charge on any atom is 0.325 e. The van der Waals surface area contributed by atoms with Gasteiger partial charge in [0, 0.05) is 12.6 Å². The molecule has 0 amide bonds. The number of hydrogen-bond acceptors (Lipinski definition) is 4. The Morgan fingerprint density at radius 2 is 2.19 bits per heavy atom. The van der Waals surface area contributed by atoms with Gasteiger partial charge in [-0.05, 0) is 47.0 Å². The van der Waals surface area contributed by atoms with Gasteiger partial charge in [-0.25, -0.2) is 0 Å². The lowest BCUT2D eigenvalue weighted by atomic mass is 9.94. The van der Waals surface area contributed by atoms with Crippen LogP contribution in [0.3, 0.4) is 0 Å². The van der Waals surface area contributed by atoms with E-state index >= 15 is 0 Å². The summed E-state index contributed by atoms with van der Waals surface area (Å²) in [6, 6.07) is 0.223. The van der Waals surface area contributed by atoms with Crippen molar-refractivity contribution in [2.75, 3.05) is 7.11 Å². The summed E-state index contributed by atoms with van der Waals surface area (Å²) in [6.45, 7) is 8.70. The molecule has 0 bridgehead atoms. The van der Waals surface area contributed by atoms with Crippen LogP contribution in [0.4, 0.5) is 0 Å². The molecule has 0 aliphatic carbocycles. The van der Waals surface area contributed by atoms with E-state index < -0.39 is 5.54 Å². The predicted molar refractivity (Wildman–Crippen MR) is 84.5 cm³/mol. The Balaban J connectivity index is 2.50. The highest BCUT2D eigenvalue weighted by molar-refractivity contribution is 6.31. The maximum atomic E-state index is 12.0. The highest BCUT2D eigenvalue weighted by atomic mass is 35.5. The van der Waals surface area contributed by atoms with Gasteiger partial charge in [-0.3, -0.25) is 14.8 Å². The third-order valence-electron chi connectivity index (χ3n) is 3.58. The third kappa shape index (κ3) is 5.00. The fourth-order valence-corrected chi connectivity index (χ4v) is 2.63. The second kappa shape index (κ2) is 7.80. The average Bonchev–Trinajstić information content (AvgIpc) is 2.73. The van der Waals surface area contributed by atoms with Crippen LogP contribution in [0, 0.1) is 6.92 Å². The Morgan fingerprint density at radius 1 is 1.52 bits per heavy atom. The van der Waals surface area contributed by atoms with Crippen LogP contribution in [0.1, 0.15) is 45.7 Å². The molecule has 1 N–H and O–H groups in total. The van der Waals surface area contributed by atoms with E-state index in [4.69, 9.17) is 16.3 Å². The topological polar surface area (TPSA) is 56.2 Å². The number of aryl methyl sites for hydroxylation is 1. The lowest BCUT2D eigenvalue weighted by Crippen LogP contribution is -2.52. The first-order chi connectivity index (χ1) is 9.80. The smallest absolute Gasteiger partial charge is 0.325 e. The molecule has 120 valence electrons. The normalized spacial score (nSPS) is 14.2. The molecule has 1 atom stereocenters. The lowest BCUT2D eigenvalue weighted by Gasteiger charge is -2.30. The van der Waals surface area contributed by atoms with Gasteiger partial charge in [-0.15, -0.1) is 0 Å². The molecule has 1 unspecified atom stereocenters. The summed E-state index contributed by atoms with van der Waals surface area (Å²) < 4.78 is 6.81. The second-order valence-electron chi connectivity index (χ2n) is 5.88. The average molecular weight is 316 g/mol. The van der Waals surface area contributed by atoms with Gasteiger partial charge in [-0.1, -0.05) is 11.6 Å². The number of rotatable bonds is 8. The summed E-state index contributed by atoms with van der Waals surface area (Å²) in [5.74, 6) is -0.213. The zero-order valence-corrected chi connectivity index (χ0v) is 14.3. The van der Waals surface area contributed by atoms with Crippen LogP contribution >= 0.6 is 11.6 Å². The molecule has 0 aliphatic rings. The van der Waals surface area contributed by atoms with Crippen molar-refractivity contribution in [1.82, 2.24) is 15.1 Å². The maximum absolute atomic E-state index is 12.0. The molecule has 1 aromatic rings. The Bertz CT molecular complexity index is 473. The molecule has 1 aromatic heterocycles. The minimum absolute atomic E-state index is 0.213. The van der Waals surface area contributed by atoms with E-state index in [0.717, 1.165) is 31.5 Å². The first kappa shape index (κ1) is 18.0. The minimum Gasteiger partial charge on any atom is -0.468 e. The van der Waals surface area contributed by atoms with Crippen molar-refractivity contribution >= 4 is 17.6 Å². The summed E-state index contributed by atoms with van der Waals surface area (Å²) >= 11 is 5.98.